The number of amides is 2. The van der Waals surface area contributed by atoms with Crippen LogP contribution in [0.4, 0.5) is 4.39 Å². The molecule has 0 saturated carbocycles. The zero-order valence-electron chi connectivity index (χ0n) is 16.6. The van der Waals surface area contributed by atoms with Crippen LogP contribution in [-0.4, -0.2) is 37.0 Å². The third-order valence-electron chi connectivity index (χ3n) is 4.41. The van der Waals surface area contributed by atoms with Crippen molar-refractivity contribution in [3.8, 4) is 6.07 Å². The van der Waals surface area contributed by atoms with Crippen molar-refractivity contribution in [2.24, 2.45) is 0 Å². The van der Waals surface area contributed by atoms with Crippen LogP contribution in [-0.2, 0) is 32.0 Å². The summed E-state index contributed by atoms with van der Waals surface area (Å²) in [6, 6.07) is 12.3. The quantitative estimate of drug-likeness (QED) is 0.642. The van der Waals surface area contributed by atoms with E-state index in [1.165, 1.54) is 38.3 Å². The van der Waals surface area contributed by atoms with E-state index in [2.05, 4.69) is 10.6 Å². The number of hydrogen-bond acceptors (Lipinski definition) is 5. The van der Waals surface area contributed by atoms with Gasteiger partial charge in [0.1, 0.15) is 17.9 Å². The van der Waals surface area contributed by atoms with E-state index in [4.69, 9.17) is 4.74 Å². The summed E-state index contributed by atoms with van der Waals surface area (Å²) in [5.74, 6) is -2.12. The lowest BCUT2D eigenvalue weighted by atomic mass is 10.00. The van der Waals surface area contributed by atoms with Gasteiger partial charge in [0, 0.05) is 19.8 Å². The number of ether oxygens (including phenoxy) is 1. The van der Waals surface area contributed by atoms with Crippen LogP contribution in [0.1, 0.15) is 23.6 Å². The molecule has 30 heavy (non-hydrogen) atoms. The Hall–Kier alpha value is -3.73. The lowest BCUT2D eigenvalue weighted by molar-refractivity contribution is -0.145. The molecule has 2 aromatic rings. The SMILES string of the molecule is COC(=O)[C@@H](Cc1ccccc1C#N)NC(=O)[C@@H](Cc1ccc(F)cc1)NC(C)=O. The lowest BCUT2D eigenvalue weighted by Gasteiger charge is -2.22. The van der Waals surface area contributed by atoms with Crippen molar-refractivity contribution in [2.45, 2.75) is 31.8 Å². The van der Waals surface area contributed by atoms with Gasteiger partial charge in [-0.1, -0.05) is 30.3 Å². The second-order valence-corrected chi connectivity index (χ2v) is 6.64. The molecule has 0 spiro atoms. The molecular weight excluding hydrogens is 389 g/mol. The molecule has 8 heteroatoms. The predicted molar refractivity (Wildman–Crippen MR) is 107 cm³/mol. The van der Waals surface area contributed by atoms with Gasteiger partial charge in [-0.15, -0.1) is 0 Å². The van der Waals surface area contributed by atoms with Gasteiger partial charge in [0.2, 0.25) is 11.8 Å². The number of carbonyl (C=O) groups is 3. The Morgan fingerprint density at radius 2 is 1.70 bits per heavy atom. The maximum Gasteiger partial charge on any atom is 0.328 e. The Kier molecular flexibility index (Phi) is 8.06. The van der Waals surface area contributed by atoms with Gasteiger partial charge in [0.25, 0.3) is 0 Å². The molecule has 0 aliphatic rings. The molecule has 2 atom stereocenters. The smallest absolute Gasteiger partial charge is 0.328 e. The van der Waals surface area contributed by atoms with Gasteiger partial charge in [-0.25, -0.2) is 9.18 Å². The summed E-state index contributed by atoms with van der Waals surface area (Å²) < 4.78 is 17.9. The van der Waals surface area contributed by atoms with E-state index >= 15 is 0 Å². The fourth-order valence-corrected chi connectivity index (χ4v) is 2.95. The number of esters is 1. The first-order valence-electron chi connectivity index (χ1n) is 9.21. The molecule has 0 aliphatic carbocycles. The molecule has 7 nitrogen and oxygen atoms in total. The van der Waals surface area contributed by atoms with Crippen molar-refractivity contribution in [1.82, 2.24) is 10.6 Å². The molecular formula is C22H22FN3O4. The largest absolute Gasteiger partial charge is 0.467 e. The first-order chi connectivity index (χ1) is 14.3. The Labute approximate surface area is 173 Å². The second kappa shape index (κ2) is 10.7. The van der Waals surface area contributed by atoms with Crippen LogP contribution in [0.5, 0.6) is 0 Å². The van der Waals surface area contributed by atoms with Gasteiger partial charge in [-0.2, -0.15) is 5.26 Å². The van der Waals surface area contributed by atoms with Crippen LogP contribution in [0.3, 0.4) is 0 Å². The molecule has 0 unspecified atom stereocenters. The number of carbonyl (C=O) groups excluding carboxylic acids is 3. The number of nitrogens with zero attached hydrogens (tertiary/aromatic N) is 1. The Balaban J connectivity index is 2.21. The van der Waals surface area contributed by atoms with Gasteiger partial charge < -0.3 is 15.4 Å². The second-order valence-electron chi connectivity index (χ2n) is 6.64. The van der Waals surface area contributed by atoms with E-state index in [1.807, 2.05) is 6.07 Å². The van der Waals surface area contributed by atoms with Gasteiger partial charge in [-0.05, 0) is 29.3 Å². The van der Waals surface area contributed by atoms with Gasteiger partial charge in [0.15, 0.2) is 0 Å². The highest BCUT2D eigenvalue weighted by atomic mass is 19.1. The van der Waals surface area contributed by atoms with Crippen molar-refractivity contribution in [2.75, 3.05) is 7.11 Å². The summed E-state index contributed by atoms with van der Waals surface area (Å²) in [6.07, 6.45) is 0.153. The Morgan fingerprint density at radius 1 is 1.03 bits per heavy atom. The monoisotopic (exact) mass is 411 g/mol. The molecule has 0 fully saturated rings. The number of rotatable bonds is 8. The molecule has 2 amide bonds. The predicted octanol–water partition coefficient (Wildman–Crippen LogP) is 1.65. The van der Waals surface area contributed by atoms with E-state index in [0.29, 0.717) is 16.7 Å². The number of methoxy groups -OCH3 is 1. The number of halogens is 1. The van der Waals surface area contributed by atoms with E-state index < -0.39 is 35.7 Å². The maximum absolute atomic E-state index is 13.1. The minimum atomic E-state index is -1.05. The van der Waals surface area contributed by atoms with E-state index in [-0.39, 0.29) is 12.8 Å². The van der Waals surface area contributed by atoms with Crippen LogP contribution in [0, 0.1) is 17.1 Å². The first-order valence-corrected chi connectivity index (χ1v) is 9.21. The van der Waals surface area contributed by atoms with Crippen molar-refractivity contribution in [3.05, 3.63) is 71.0 Å². The molecule has 2 aromatic carbocycles. The van der Waals surface area contributed by atoms with E-state index in [0.717, 1.165) is 0 Å². The summed E-state index contributed by atoms with van der Waals surface area (Å²) in [4.78, 5) is 36.7. The van der Waals surface area contributed by atoms with Crippen LogP contribution in [0.2, 0.25) is 0 Å². The van der Waals surface area contributed by atoms with Crippen LogP contribution >= 0.6 is 0 Å². The van der Waals surface area contributed by atoms with Crippen molar-refractivity contribution < 1.29 is 23.5 Å². The molecule has 0 radical (unpaired) electrons. The van der Waals surface area contributed by atoms with Crippen LogP contribution in [0.25, 0.3) is 0 Å². The zero-order chi connectivity index (χ0) is 22.1. The minimum absolute atomic E-state index is 0.0471. The highest BCUT2D eigenvalue weighted by Crippen LogP contribution is 2.12. The molecule has 0 bridgehead atoms. The summed E-state index contributed by atoms with van der Waals surface area (Å²) in [5.41, 5.74) is 1.59. The fraction of sp³-hybridized carbons (Fsp3) is 0.273. The van der Waals surface area contributed by atoms with Crippen molar-refractivity contribution >= 4 is 17.8 Å². The average molecular weight is 411 g/mol. The summed E-state index contributed by atoms with van der Waals surface area (Å²) in [7, 11) is 1.20. The Morgan fingerprint density at radius 3 is 2.30 bits per heavy atom. The Bertz CT molecular complexity index is 954. The topological polar surface area (TPSA) is 108 Å². The summed E-state index contributed by atoms with van der Waals surface area (Å²) in [5, 5.41) is 14.4. The molecule has 0 heterocycles. The fourth-order valence-electron chi connectivity index (χ4n) is 2.95. The van der Waals surface area contributed by atoms with Gasteiger partial charge in [-0.3, -0.25) is 9.59 Å². The van der Waals surface area contributed by atoms with E-state index in [1.54, 1.807) is 24.3 Å². The minimum Gasteiger partial charge on any atom is -0.467 e. The number of hydrogen-bond donors (Lipinski definition) is 2. The molecule has 156 valence electrons. The normalized spacial score (nSPS) is 12.2. The van der Waals surface area contributed by atoms with Gasteiger partial charge in [0.05, 0.1) is 18.7 Å². The highest BCUT2D eigenvalue weighted by Gasteiger charge is 2.27. The lowest BCUT2D eigenvalue weighted by Crippen LogP contribution is -2.53. The maximum atomic E-state index is 13.1. The van der Waals surface area contributed by atoms with Crippen LogP contribution in [0.15, 0.2) is 48.5 Å². The van der Waals surface area contributed by atoms with Crippen LogP contribution < -0.4 is 10.6 Å². The van der Waals surface area contributed by atoms with Crippen molar-refractivity contribution in [1.29, 1.82) is 5.26 Å². The number of benzene rings is 2. The number of nitriles is 1. The summed E-state index contributed by atoms with van der Waals surface area (Å²) in [6.45, 7) is 1.27. The van der Waals surface area contributed by atoms with Crippen molar-refractivity contribution in [3.63, 3.8) is 0 Å². The van der Waals surface area contributed by atoms with E-state index in [9.17, 15) is 24.0 Å². The summed E-state index contributed by atoms with van der Waals surface area (Å²) >= 11 is 0. The molecule has 0 aromatic heterocycles. The molecule has 2 N–H and O–H groups in total. The average Bonchev–Trinajstić information content (AvgIpc) is 2.73. The zero-order valence-corrected chi connectivity index (χ0v) is 16.6. The number of nitrogens with one attached hydrogen (secondary N) is 2. The van der Waals surface area contributed by atoms with Gasteiger partial charge >= 0.3 is 5.97 Å². The highest BCUT2D eigenvalue weighted by molar-refractivity contribution is 5.90. The standard InChI is InChI=1S/C22H22FN3O4/c1-14(27)25-19(11-15-7-9-18(23)10-8-15)21(28)26-20(22(29)30-2)12-16-5-3-4-6-17(16)13-24/h3-10,19-20H,11-12H2,1-2H3,(H,25,27)(H,26,28)/t19-,20-/m1/s1. The molecule has 0 saturated heterocycles. The third kappa shape index (κ3) is 6.41. The molecule has 0 aliphatic heterocycles. The third-order valence-corrected chi connectivity index (χ3v) is 4.41. The first kappa shape index (κ1) is 22.6. The molecule has 2 rings (SSSR count).